The van der Waals surface area contributed by atoms with Crippen molar-refractivity contribution in [3.8, 4) is 16.5 Å². The van der Waals surface area contributed by atoms with Gasteiger partial charge in [0.05, 0.1) is 28.3 Å². The Hall–Kier alpha value is -2.61. The minimum absolute atomic E-state index is 0.00402. The molecule has 0 fully saturated rings. The molecule has 172 valence electrons. The van der Waals surface area contributed by atoms with Gasteiger partial charge in [0.15, 0.2) is 5.82 Å². The number of carbonyl (C=O) groups is 1. The van der Waals surface area contributed by atoms with Crippen molar-refractivity contribution in [1.29, 1.82) is 0 Å². The standard InChI is InChI=1S/C19H24N6O4S3/c1-4-24(5-2)32(27,28)13-8-9-15(29-3)14(11-13)21-17(26)12-31-19-23-22-18(25(19)20)16-7-6-10-30-16/h6-11H,4-5,12,20H2,1-3H3,(H,21,26). The number of thioether (sulfide) groups is 1. The van der Waals surface area contributed by atoms with Crippen LogP contribution in [0.25, 0.3) is 10.7 Å². The van der Waals surface area contributed by atoms with E-state index in [0.29, 0.717) is 29.8 Å². The van der Waals surface area contributed by atoms with Gasteiger partial charge in [-0.15, -0.1) is 21.5 Å². The highest BCUT2D eigenvalue weighted by atomic mass is 32.2. The van der Waals surface area contributed by atoms with Gasteiger partial charge in [-0.3, -0.25) is 4.79 Å². The van der Waals surface area contributed by atoms with Crippen LogP contribution in [-0.4, -0.2) is 59.5 Å². The van der Waals surface area contributed by atoms with Crippen LogP contribution >= 0.6 is 23.1 Å². The second kappa shape index (κ2) is 10.3. The molecule has 10 nitrogen and oxygen atoms in total. The van der Waals surface area contributed by atoms with Crippen LogP contribution in [-0.2, 0) is 14.8 Å². The molecule has 0 aliphatic heterocycles. The molecule has 3 rings (SSSR count). The van der Waals surface area contributed by atoms with Crippen molar-refractivity contribution in [2.45, 2.75) is 23.9 Å². The number of ether oxygens (including phenoxy) is 1. The Morgan fingerprint density at radius 2 is 2.03 bits per heavy atom. The molecule has 0 saturated heterocycles. The van der Waals surface area contributed by atoms with Gasteiger partial charge in [0.1, 0.15) is 5.75 Å². The molecule has 0 atom stereocenters. The van der Waals surface area contributed by atoms with Crippen molar-refractivity contribution >= 4 is 44.7 Å². The molecule has 3 aromatic rings. The predicted octanol–water partition coefficient (Wildman–Crippen LogP) is 2.49. The lowest BCUT2D eigenvalue weighted by Crippen LogP contribution is -2.30. The molecule has 2 aromatic heterocycles. The van der Waals surface area contributed by atoms with Gasteiger partial charge in [-0.05, 0) is 29.6 Å². The maximum absolute atomic E-state index is 12.8. The van der Waals surface area contributed by atoms with Gasteiger partial charge in [0, 0.05) is 13.1 Å². The number of sulfonamides is 1. The normalized spacial score (nSPS) is 11.6. The molecular weight excluding hydrogens is 472 g/mol. The fraction of sp³-hybridized carbons (Fsp3) is 0.316. The van der Waals surface area contributed by atoms with Crippen molar-refractivity contribution in [3.63, 3.8) is 0 Å². The van der Waals surface area contributed by atoms with Crippen LogP contribution in [0.1, 0.15) is 13.8 Å². The maximum atomic E-state index is 12.8. The number of thiophene rings is 1. The number of nitrogen functional groups attached to an aromatic ring is 1. The number of benzene rings is 1. The topological polar surface area (TPSA) is 132 Å². The highest BCUT2D eigenvalue weighted by molar-refractivity contribution is 7.99. The first-order valence-electron chi connectivity index (χ1n) is 9.67. The SMILES string of the molecule is CCN(CC)S(=O)(=O)c1ccc(OC)c(NC(=O)CSc2nnc(-c3cccs3)n2N)c1. The van der Waals surface area contributed by atoms with Gasteiger partial charge < -0.3 is 15.9 Å². The Bertz CT molecular complexity index is 1170. The van der Waals surface area contributed by atoms with Crippen LogP contribution in [0, 0.1) is 0 Å². The molecule has 1 amide bonds. The lowest BCUT2D eigenvalue weighted by atomic mass is 10.3. The average molecular weight is 497 g/mol. The summed E-state index contributed by atoms with van der Waals surface area (Å²) in [4.78, 5) is 13.5. The first-order chi connectivity index (χ1) is 15.3. The molecule has 1 aromatic carbocycles. The third-order valence-electron chi connectivity index (χ3n) is 4.53. The van der Waals surface area contributed by atoms with Crippen LogP contribution in [0.3, 0.4) is 0 Å². The number of nitrogens with zero attached hydrogens (tertiary/aromatic N) is 4. The predicted molar refractivity (Wildman–Crippen MR) is 126 cm³/mol. The fourth-order valence-corrected chi connectivity index (χ4v) is 5.77. The third kappa shape index (κ3) is 5.06. The second-order valence-corrected chi connectivity index (χ2v) is 10.3. The van der Waals surface area contributed by atoms with Gasteiger partial charge in [-0.25, -0.2) is 13.1 Å². The first-order valence-corrected chi connectivity index (χ1v) is 13.0. The summed E-state index contributed by atoms with van der Waals surface area (Å²) in [6.45, 7) is 4.22. The summed E-state index contributed by atoms with van der Waals surface area (Å²) in [5, 5.41) is 13.1. The van der Waals surface area contributed by atoms with Gasteiger partial charge in [0.2, 0.25) is 21.1 Å². The molecule has 2 heterocycles. The highest BCUT2D eigenvalue weighted by Crippen LogP contribution is 2.30. The molecular formula is C19H24N6O4S3. The molecule has 13 heteroatoms. The Morgan fingerprint density at radius 3 is 2.66 bits per heavy atom. The number of methoxy groups -OCH3 is 1. The summed E-state index contributed by atoms with van der Waals surface area (Å²) < 4.78 is 33.6. The van der Waals surface area contributed by atoms with E-state index < -0.39 is 10.0 Å². The summed E-state index contributed by atoms with van der Waals surface area (Å²) >= 11 is 2.60. The first kappa shape index (κ1) is 24.0. The summed E-state index contributed by atoms with van der Waals surface area (Å²) in [5.41, 5.74) is 0.264. The van der Waals surface area contributed by atoms with Crippen LogP contribution < -0.4 is 15.9 Å². The molecule has 32 heavy (non-hydrogen) atoms. The largest absolute Gasteiger partial charge is 0.495 e. The van der Waals surface area contributed by atoms with Crippen molar-refractivity contribution < 1.29 is 17.9 Å². The van der Waals surface area contributed by atoms with E-state index in [1.165, 1.54) is 45.6 Å². The monoisotopic (exact) mass is 496 g/mol. The minimum Gasteiger partial charge on any atom is -0.495 e. The minimum atomic E-state index is -3.68. The van der Waals surface area contributed by atoms with E-state index in [1.54, 1.807) is 13.8 Å². The molecule has 0 radical (unpaired) electrons. The zero-order chi connectivity index (χ0) is 23.3. The number of amides is 1. The molecule has 0 spiro atoms. The number of nitrogens with two attached hydrogens (primary N) is 1. The second-order valence-electron chi connectivity index (χ2n) is 6.44. The lowest BCUT2D eigenvalue weighted by Gasteiger charge is -2.19. The van der Waals surface area contributed by atoms with E-state index in [4.69, 9.17) is 10.6 Å². The van der Waals surface area contributed by atoms with Crippen molar-refractivity contribution in [1.82, 2.24) is 19.2 Å². The fourth-order valence-electron chi connectivity index (χ4n) is 2.92. The summed E-state index contributed by atoms with van der Waals surface area (Å²) in [6.07, 6.45) is 0. The van der Waals surface area contributed by atoms with Crippen LogP contribution in [0.2, 0.25) is 0 Å². The van der Waals surface area contributed by atoms with E-state index in [0.717, 1.165) is 16.6 Å². The van der Waals surface area contributed by atoms with Gasteiger partial charge in [-0.2, -0.15) is 4.31 Å². The Morgan fingerprint density at radius 1 is 1.28 bits per heavy atom. The number of nitrogens with one attached hydrogen (secondary N) is 1. The Balaban J connectivity index is 1.73. The third-order valence-corrected chi connectivity index (χ3v) is 8.38. The van der Waals surface area contributed by atoms with Crippen molar-refractivity contribution in [2.24, 2.45) is 0 Å². The zero-order valence-corrected chi connectivity index (χ0v) is 20.3. The Labute approximate surface area is 194 Å². The van der Waals surface area contributed by atoms with E-state index >= 15 is 0 Å². The molecule has 0 aliphatic carbocycles. The number of hydrogen-bond acceptors (Lipinski definition) is 9. The Kier molecular flexibility index (Phi) is 7.77. The number of hydrogen-bond donors (Lipinski definition) is 2. The molecule has 0 aliphatic rings. The number of aromatic nitrogens is 3. The van der Waals surface area contributed by atoms with E-state index in [9.17, 15) is 13.2 Å². The van der Waals surface area contributed by atoms with Gasteiger partial charge >= 0.3 is 0 Å². The average Bonchev–Trinajstić information content (AvgIpc) is 3.42. The lowest BCUT2D eigenvalue weighted by molar-refractivity contribution is -0.113. The summed E-state index contributed by atoms with van der Waals surface area (Å²) in [7, 11) is -2.23. The molecule has 0 saturated carbocycles. The van der Waals surface area contributed by atoms with Crippen LogP contribution in [0.4, 0.5) is 5.69 Å². The van der Waals surface area contributed by atoms with Crippen molar-refractivity contribution in [3.05, 3.63) is 35.7 Å². The molecule has 3 N–H and O–H groups in total. The number of anilines is 1. The molecule has 0 bridgehead atoms. The number of rotatable bonds is 10. The summed E-state index contributed by atoms with van der Waals surface area (Å²) in [6, 6.07) is 8.14. The smallest absolute Gasteiger partial charge is 0.243 e. The summed E-state index contributed by atoms with van der Waals surface area (Å²) in [5.74, 6) is 6.55. The van der Waals surface area contributed by atoms with Gasteiger partial charge in [0.25, 0.3) is 0 Å². The number of carbonyl (C=O) groups excluding carboxylic acids is 1. The quantitative estimate of drug-likeness (QED) is 0.323. The highest BCUT2D eigenvalue weighted by Gasteiger charge is 2.23. The van der Waals surface area contributed by atoms with E-state index in [1.807, 2.05) is 17.5 Å². The zero-order valence-electron chi connectivity index (χ0n) is 17.8. The van der Waals surface area contributed by atoms with Crippen LogP contribution in [0.5, 0.6) is 5.75 Å². The maximum Gasteiger partial charge on any atom is 0.243 e. The van der Waals surface area contributed by atoms with E-state index in [-0.39, 0.29) is 22.2 Å². The molecule has 0 unspecified atom stereocenters. The van der Waals surface area contributed by atoms with Crippen LogP contribution in [0.15, 0.2) is 45.8 Å². The van der Waals surface area contributed by atoms with Crippen molar-refractivity contribution in [2.75, 3.05) is 37.1 Å². The van der Waals surface area contributed by atoms with E-state index in [2.05, 4.69) is 15.5 Å². The van der Waals surface area contributed by atoms with Gasteiger partial charge in [-0.1, -0.05) is 31.7 Å².